The van der Waals surface area contributed by atoms with Crippen molar-refractivity contribution < 1.29 is 13.3 Å². The number of nitro groups is 1. The summed E-state index contributed by atoms with van der Waals surface area (Å²) in [6.07, 6.45) is 2.15. The van der Waals surface area contributed by atoms with E-state index in [0.29, 0.717) is 19.5 Å². The summed E-state index contributed by atoms with van der Waals surface area (Å²) in [6.45, 7) is 1.65. The van der Waals surface area contributed by atoms with Gasteiger partial charge in [0.1, 0.15) is 0 Å². The molecule has 8 heteroatoms. The number of hydrogen-bond donors (Lipinski definition) is 0. The van der Waals surface area contributed by atoms with Crippen molar-refractivity contribution >= 4 is 27.1 Å². The van der Waals surface area contributed by atoms with Gasteiger partial charge in [-0.2, -0.15) is 0 Å². The second-order valence-electron chi connectivity index (χ2n) is 6.98. The number of non-ortho nitro benzene ring substituents is 1. The van der Waals surface area contributed by atoms with Gasteiger partial charge < -0.3 is 4.90 Å². The van der Waals surface area contributed by atoms with Crippen LogP contribution in [0.25, 0.3) is 0 Å². The maximum absolute atomic E-state index is 13.3. The van der Waals surface area contributed by atoms with Gasteiger partial charge in [0.05, 0.1) is 15.9 Å². The van der Waals surface area contributed by atoms with Crippen molar-refractivity contribution in [2.75, 3.05) is 28.8 Å². The van der Waals surface area contributed by atoms with E-state index in [1.165, 1.54) is 12.1 Å². The third-order valence-electron chi connectivity index (χ3n) is 5.38. The highest BCUT2D eigenvalue weighted by Crippen LogP contribution is 2.34. The SMILES string of the molecule is O=[N+]([O-])c1ccc(N2CCCC(S(=O)(=O)N3CCc4ccccc43)C2)cc1. The van der Waals surface area contributed by atoms with Crippen molar-refractivity contribution in [3.63, 3.8) is 0 Å². The predicted octanol–water partition coefficient (Wildman–Crippen LogP) is 2.96. The van der Waals surface area contributed by atoms with E-state index in [0.717, 1.165) is 36.3 Å². The number of anilines is 2. The van der Waals surface area contributed by atoms with Crippen LogP contribution in [0.1, 0.15) is 18.4 Å². The summed E-state index contributed by atoms with van der Waals surface area (Å²) in [5.41, 5.74) is 2.73. The molecule has 1 saturated heterocycles. The first kappa shape index (κ1) is 17.8. The second-order valence-corrected chi connectivity index (χ2v) is 9.12. The normalized spacial score (nSPS) is 19.8. The molecule has 0 radical (unpaired) electrons. The van der Waals surface area contributed by atoms with Crippen LogP contribution >= 0.6 is 0 Å². The zero-order chi connectivity index (χ0) is 19.0. The summed E-state index contributed by atoms with van der Waals surface area (Å²) in [6, 6.07) is 14.0. The van der Waals surface area contributed by atoms with Crippen LogP contribution in [0.5, 0.6) is 0 Å². The Morgan fingerprint density at radius 2 is 1.78 bits per heavy atom. The molecule has 2 aromatic carbocycles. The first-order valence-corrected chi connectivity index (χ1v) is 10.6. The maximum atomic E-state index is 13.3. The van der Waals surface area contributed by atoms with Crippen LogP contribution in [0.4, 0.5) is 17.1 Å². The van der Waals surface area contributed by atoms with Crippen LogP contribution in [0.3, 0.4) is 0 Å². The molecule has 0 N–H and O–H groups in total. The fraction of sp³-hybridized carbons (Fsp3) is 0.368. The minimum atomic E-state index is -3.45. The fourth-order valence-electron chi connectivity index (χ4n) is 3.95. The average molecular weight is 387 g/mol. The Morgan fingerprint density at radius 1 is 1.04 bits per heavy atom. The number of piperidine rings is 1. The number of nitro benzene ring substituents is 1. The minimum absolute atomic E-state index is 0.0357. The van der Waals surface area contributed by atoms with E-state index in [9.17, 15) is 18.5 Å². The molecule has 7 nitrogen and oxygen atoms in total. The summed E-state index contributed by atoms with van der Waals surface area (Å²) in [5.74, 6) is 0. The van der Waals surface area contributed by atoms with Gasteiger partial charge in [0.15, 0.2) is 0 Å². The van der Waals surface area contributed by atoms with Gasteiger partial charge in [-0.3, -0.25) is 14.4 Å². The number of fused-ring (bicyclic) bond motifs is 1. The average Bonchev–Trinajstić information content (AvgIpc) is 3.13. The molecule has 2 aliphatic heterocycles. The molecular weight excluding hydrogens is 366 g/mol. The monoisotopic (exact) mass is 387 g/mol. The van der Waals surface area contributed by atoms with E-state index in [2.05, 4.69) is 0 Å². The Morgan fingerprint density at radius 3 is 2.52 bits per heavy atom. The number of para-hydroxylation sites is 1. The van der Waals surface area contributed by atoms with Gasteiger partial charge in [0, 0.05) is 37.5 Å². The maximum Gasteiger partial charge on any atom is 0.269 e. The van der Waals surface area contributed by atoms with Gasteiger partial charge in [-0.05, 0) is 43.0 Å². The van der Waals surface area contributed by atoms with Crippen molar-refractivity contribution in [3.05, 3.63) is 64.2 Å². The topological polar surface area (TPSA) is 83.8 Å². The molecule has 0 aromatic heterocycles. The molecule has 2 aliphatic rings. The van der Waals surface area contributed by atoms with Crippen LogP contribution in [-0.4, -0.2) is 38.2 Å². The summed E-state index contributed by atoms with van der Waals surface area (Å²) in [5, 5.41) is 10.3. The van der Waals surface area contributed by atoms with Crippen molar-refractivity contribution in [1.29, 1.82) is 0 Å². The van der Waals surface area contributed by atoms with Gasteiger partial charge in [-0.15, -0.1) is 0 Å². The van der Waals surface area contributed by atoms with E-state index < -0.39 is 20.2 Å². The van der Waals surface area contributed by atoms with E-state index in [-0.39, 0.29) is 5.69 Å². The number of hydrogen-bond acceptors (Lipinski definition) is 5. The van der Waals surface area contributed by atoms with Gasteiger partial charge in [0.2, 0.25) is 10.0 Å². The Balaban J connectivity index is 1.55. The number of benzene rings is 2. The molecule has 1 unspecified atom stereocenters. The Labute approximate surface area is 158 Å². The lowest BCUT2D eigenvalue weighted by molar-refractivity contribution is -0.384. The molecule has 4 rings (SSSR count). The molecule has 0 spiro atoms. The smallest absolute Gasteiger partial charge is 0.269 e. The highest BCUT2D eigenvalue weighted by atomic mass is 32.2. The molecule has 2 aromatic rings. The highest BCUT2D eigenvalue weighted by Gasteiger charge is 2.38. The second kappa shape index (κ2) is 6.84. The first-order valence-electron chi connectivity index (χ1n) is 9.06. The molecule has 0 amide bonds. The Bertz CT molecular complexity index is 959. The summed E-state index contributed by atoms with van der Waals surface area (Å²) in [4.78, 5) is 12.4. The molecular formula is C19H21N3O4S. The zero-order valence-electron chi connectivity index (χ0n) is 14.8. The number of sulfonamides is 1. The molecule has 1 atom stereocenters. The van der Waals surface area contributed by atoms with E-state index in [1.807, 2.05) is 29.2 Å². The van der Waals surface area contributed by atoms with E-state index in [4.69, 9.17) is 0 Å². The van der Waals surface area contributed by atoms with Crippen LogP contribution in [0.2, 0.25) is 0 Å². The summed E-state index contributed by atoms with van der Waals surface area (Å²) < 4.78 is 28.1. The highest BCUT2D eigenvalue weighted by molar-refractivity contribution is 7.93. The van der Waals surface area contributed by atoms with Crippen molar-refractivity contribution in [2.45, 2.75) is 24.5 Å². The van der Waals surface area contributed by atoms with E-state index in [1.54, 1.807) is 16.4 Å². The van der Waals surface area contributed by atoms with Crippen molar-refractivity contribution in [3.8, 4) is 0 Å². The third-order valence-corrected chi connectivity index (χ3v) is 7.60. The quantitative estimate of drug-likeness (QED) is 0.595. The summed E-state index contributed by atoms with van der Waals surface area (Å²) in [7, 11) is -3.45. The number of rotatable bonds is 4. The first-order chi connectivity index (χ1) is 13.0. The molecule has 27 heavy (non-hydrogen) atoms. The Hall–Kier alpha value is -2.61. The van der Waals surface area contributed by atoms with Crippen LogP contribution in [0.15, 0.2) is 48.5 Å². The van der Waals surface area contributed by atoms with Gasteiger partial charge in [-0.25, -0.2) is 8.42 Å². The zero-order valence-corrected chi connectivity index (χ0v) is 15.6. The number of nitrogens with zero attached hydrogens (tertiary/aromatic N) is 3. The van der Waals surface area contributed by atoms with Gasteiger partial charge >= 0.3 is 0 Å². The summed E-state index contributed by atoms with van der Waals surface area (Å²) >= 11 is 0. The fourth-order valence-corrected chi connectivity index (χ4v) is 5.94. The molecule has 0 saturated carbocycles. The largest absolute Gasteiger partial charge is 0.370 e. The van der Waals surface area contributed by atoms with Crippen molar-refractivity contribution in [2.24, 2.45) is 0 Å². The molecule has 0 bridgehead atoms. The van der Waals surface area contributed by atoms with Crippen LogP contribution in [-0.2, 0) is 16.4 Å². The molecule has 142 valence electrons. The lowest BCUT2D eigenvalue weighted by Gasteiger charge is -2.36. The molecule has 0 aliphatic carbocycles. The van der Waals surface area contributed by atoms with Crippen LogP contribution in [0, 0.1) is 10.1 Å². The van der Waals surface area contributed by atoms with Gasteiger partial charge in [0.25, 0.3) is 5.69 Å². The third kappa shape index (κ3) is 3.25. The molecule has 1 fully saturated rings. The molecule has 2 heterocycles. The lowest BCUT2D eigenvalue weighted by Crippen LogP contribution is -2.47. The minimum Gasteiger partial charge on any atom is -0.370 e. The standard InChI is InChI=1S/C19H21N3O4S/c23-22(24)17-9-7-16(8-10-17)20-12-3-5-18(14-20)27(25,26)21-13-11-15-4-1-2-6-19(15)21/h1-2,4,6-10,18H,3,5,11-14H2. The predicted molar refractivity (Wildman–Crippen MR) is 105 cm³/mol. The van der Waals surface area contributed by atoms with Crippen molar-refractivity contribution in [1.82, 2.24) is 0 Å². The van der Waals surface area contributed by atoms with E-state index >= 15 is 0 Å². The van der Waals surface area contributed by atoms with Crippen LogP contribution < -0.4 is 9.21 Å². The Kier molecular flexibility index (Phi) is 4.51. The lowest BCUT2D eigenvalue weighted by atomic mass is 10.1. The van der Waals surface area contributed by atoms with Gasteiger partial charge in [-0.1, -0.05) is 18.2 Å².